The number of nitrogens with zero attached hydrogens (tertiary/aromatic N) is 1. The van der Waals surface area contributed by atoms with Gasteiger partial charge in [-0.25, -0.2) is 0 Å². The molecular weight excluding hydrogens is 272 g/mol. The summed E-state index contributed by atoms with van der Waals surface area (Å²) in [5.41, 5.74) is 2.25. The minimum Gasteiger partial charge on any atom is -0.351 e. The van der Waals surface area contributed by atoms with Crippen molar-refractivity contribution in [3.63, 3.8) is 0 Å². The summed E-state index contributed by atoms with van der Waals surface area (Å²) in [4.78, 5) is 22.8. The molecule has 0 aromatic heterocycles. The van der Waals surface area contributed by atoms with Crippen molar-refractivity contribution in [2.45, 2.75) is 26.7 Å². The SMILES string of the molecule is CC(C)C1(CNC(=O)c2cccc(NN)c2[N+](=O)[O-])CC1. The third-order valence-corrected chi connectivity index (χ3v) is 4.34. The quantitative estimate of drug-likeness (QED) is 0.422. The summed E-state index contributed by atoms with van der Waals surface area (Å²) in [6.07, 6.45) is 2.16. The molecular formula is C14H20N4O3. The van der Waals surface area contributed by atoms with Crippen molar-refractivity contribution in [1.29, 1.82) is 0 Å². The Bertz CT molecular complexity index is 567. The zero-order valence-corrected chi connectivity index (χ0v) is 12.2. The molecule has 1 amide bonds. The lowest BCUT2D eigenvalue weighted by Crippen LogP contribution is -2.33. The number of nitro benzene ring substituents is 1. The third kappa shape index (κ3) is 2.97. The maximum Gasteiger partial charge on any atom is 0.306 e. The highest BCUT2D eigenvalue weighted by Crippen LogP contribution is 2.51. The van der Waals surface area contributed by atoms with Crippen LogP contribution in [-0.4, -0.2) is 17.4 Å². The number of nitrogens with one attached hydrogen (secondary N) is 2. The molecule has 0 aliphatic heterocycles. The number of anilines is 1. The zero-order chi connectivity index (χ0) is 15.6. The van der Waals surface area contributed by atoms with Crippen molar-refractivity contribution in [1.82, 2.24) is 5.32 Å². The molecule has 0 unspecified atom stereocenters. The molecule has 4 N–H and O–H groups in total. The van der Waals surface area contributed by atoms with Crippen LogP contribution in [0.25, 0.3) is 0 Å². The van der Waals surface area contributed by atoms with E-state index in [1.54, 1.807) is 6.07 Å². The summed E-state index contributed by atoms with van der Waals surface area (Å²) in [6.45, 7) is 4.79. The number of para-hydroxylation sites is 1. The molecule has 21 heavy (non-hydrogen) atoms. The molecule has 0 radical (unpaired) electrons. The van der Waals surface area contributed by atoms with Crippen LogP contribution in [0.5, 0.6) is 0 Å². The van der Waals surface area contributed by atoms with Gasteiger partial charge in [-0.1, -0.05) is 19.9 Å². The van der Waals surface area contributed by atoms with Crippen LogP contribution in [0.4, 0.5) is 11.4 Å². The normalized spacial score (nSPS) is 15.6. The van der Waals surface area contributed by atoms with Crippen LogP contribution in [0.3, 0.4) is 0 Å². The van der Waals surface area contributed by atoms with Crippen molar-refractivity contribution in [2.24, 2.45) is 17.2 Å². The van der Waals surface area contributed by atoms with Gasteiger partial charge in [-0.05, 0) is 36.3 Å². The third-order valence-electron chi connectivity index (χ3n) is 4.34. The molecule has 7 nitrogen and oxygen atoms in total. The molecule has 1 aliphatic rings. The summed E-state index contributed by atoms with van der Waals surface area (Å²) in [6, 6.07) is 4.46. The fourth-order valence-electron chi connectivity index (χ4n) is 2.51. The van der Waals surface area contributed by atoms with Gasteiger partial charge in [0, 0.05) is 6.54 Å². The number of hydrazine groups is 1. The first-order valence-electron chi connectivity index (χ1n) is 6.93. The van der Waals surface area contributed by atoms with E-state index in [2.05, 4.69) is 24.6 Å². The summed E-state index contributed by atoms with van der Waals surface area (Å²) in [5.74, 6) is 5.30. The van der Waals surface area contributed by atoms with Crippen LogP contribution in [0.2, 0.25) is 0 Å². The van der Waals surface area contributed by atoms with Gasteiger partial charge in [-0.3, -0.25) is 20.8 Å². The van der Waals surface area contributed by atoms with Crippen molar-refractivity contribution in [2.75, 3.05) is 12.0 Å². The van der Waals surface area contributed by atoms with Crippen LogP contribution in [0, 0.1) is 21.4 Å². The van der Waals surface area contributed by atoms with E-state index in [0.717, 1.165) is 12.8 Å². The predicted molar refractivity (Wildman–Crippen MR) is 79.7 cm³/mol. The highest BCUT2D eigenvalue weighted by atomic mass is 16.6. The number of nitrogens with two attached hydrogens (primary N) is 1. The Morgan fingerprint density at radius 1 is 1.48 bits per heavy atom. The van der Waals surface area contributed by atoms with E-state index in [1.807, 2.05) is 0 Å². The number of amides is 1. The molecule has 1 aromatic rings. The average Bonchev–Trinajstić information content (AvgIpc) is 3.25. The van der Waals surface area contributed by atoms with E-state index in [9.17, 15) is 14.9 Å². The summed E-state index contributed by atoms with van der Waals surface area (Å²) >= 11 is 0. The number of carbonyl (C=O) groups is 1. The van der Waals surface area contributed by atoms with Crippen LogP contribution < -0.4 is 16.6 Å². The maximum atomic E-state index is 12.3. The largest absolute Gasteiger partial charge is 0.351 e. The molecule has 1 aromatic carbocycles. The molecule has 0 atom stereocenters. The van der Waals surface area contributed by atoms with Crippen LogP contribution in [0.15, 0.2) is 18.2 Å². The molecule has 7 heteroatoms. The minimum absolute atomic E-state index is 0.0232. The standard InChI is InChI=1S/C14H20N4O3/c1-9(2)14(6-7-14)8-16-13(19)10-4-3-5-11(17-15)12(10)18(20)21/h3-5,9,17H,6-8,15H2,1-2H3,(H,16,19). The van der Waals surface area contributed by atoms with E-state index in [0.29, 0.717) is 12.5 Å². The van der Waals surface area contributed by atoms with Crippen LogP contribution in [-0.2, 0) is 0 Å². The molecule has 114 valence electrons. The number of rotatable bonds is 6. The number of nitrogen functional groups attached to an aromatic ring is 1. The van der Waals surface area contributed by atoms with Gasteiger partial charge in [0.1, 0.15) is 11.3 Å². The van der Waals surface area contributed by atoms with E-state index >= 15 is 0 Å². The molecule has 1 fully saturated rings. The smallest absolute Gasteiger partial charge is 0.306 e. The van der Waals surface area contributed by atoms with Crippen molar-refractivity contribution in [3.8, 4) is 0 Å². The second kappa shape index (κ2) is 5.69. The summed E-state index contributed by atoms with van der Waals surface area (Å²) in [5, 5.41) is 14.0. The molecule has 2 rings (SSSR count). The maximum absolute atomic E-state index is 12.3. The van der Waals surface area contributed by atoms with Crippen LogP contribution in [0.1, 0.15) is 37.0 Å². The Labute approximate surface area is 123 Å². The van der Waals surface area contributed by atoms with Gasteiger partial charge in [0.05, 0.1) is 4.92 Å². The van der Waals surface area contributed by atoms with Crippen molar-refractivity contribution in [3.05, 3.63) is 33.9 Å². The van der Waals surface area contributed by atoms with E-state index in [1.165, 1.54) is 12.1 Å². The Hall–Kier alpha value is -2.15. The molecule has 0 heterocycles. The Kier molecular flexibility index (Phi) is 4.13. The molecule has 1 saturated carbocycles. The molecule has 1 aliphatic carbocycles. The lowest BCUT2D eigenvalue weighted by molar-refractivity contribution is -0.384. The van der Waals surface area contributed by atoms with E-state index < -0.39 is 10.8 Å². The highest BCUT2D eigenvalue weighted by molar-refractivity contribution is 6.00. The van der Waals surface area contributed by atoms with Crippen LogP contribution >= 0.6 is 0 Å². The minimum atomic E-state index is -0.598. The van der Waals surface area contributed by atoms with Crippen molar-refractivity contribution >= 4 is 17.3 Å². The Balaban J connectivity index is 2.18. The van der Waals surface area contributed by atoms with Gasteiger partial charge in [-0.15, -0.1) is 0 Å². The average molecular weight is 292 g/mol. The second-order valence-corrected chi connectivity index (χ2v) is 5.80. The van der Waals surface area contributed by atoms with Gasteiger partial charge in [-0.2, -0.15) is 0 Å². The molecule has 0 bridgehead atoms. The first-order chi connectivity index (χ1) is 9.91. The highest BCUT2D eigenvalue weighted by Gasteiger charge is 2.45. The van der Waals surface area contributed by atoms with Gasteiger partial charge >= 0.3 is 5.69 Å². The predicted octanol–water partition coefficient (Wildman–Crippen LogP) is 2.05. The van der Waals surface area contributed by atoms with Gasteiger partial charge in [0.2, 0.25) is 0 Å². The van der Waals surface area contributed by atoms with E-state index in [4.69, 9.17) is 5.84 Å². The van der Waals surface area contributed by atoms with Gasteiger partial charge in [0.25, 0.3) is 5.91 Å². The zero-order valence-electron chi connectivity index (χ0n) is 12.2. The number of hydrogen-bond donors (Lipinski definition) is 3. The fraction of sp³-hybridized carbons (Fsp3) is 0.500. The monoisotopic (exact) mass is 292 g/mol. The number of benzene rings is 1. The van der Waals surface area contributed by atoms with Gasteiger partial charge < -0.3 is 10.7 Å². The van der Waals surface area contributed by atoms with Crippen molar-refractivity contribution < 1.29 is 9.72 Å². The second-order valence-electron chi connectivity index (χ2n) is 5.80. The summed E-state index contributed by atoms with van der Waals surface area (Å²) in [7, 11) is 0. The number of nitro groups is 1. The first kappa shape index (κ1) is 15.2. The molecule has 0 spiro atoms. The lowest BCUT2D eigenvalue weighted by atomic mass is 9.92. The number of hydrogen-bond acceptors (Lipinski definition) is 5. The molecule has 0 saturated heterocycles. The Morgan fingerprint density at radius 3 is 2.62 bits per heavy atom. The first-order valence-corrected chi connectivity index (χ1v) is 6.93. The Morgan fingerprint density at radius 2 is 2.14 bits per heavy atom. The summed E-state index contributed by atoms with van der Waals surface area (Å²) < 4.78 is 0. The number of carbonyl (C=O) groups excluding carboxylic acids is 1. The topological polar surface area (TPSA) is 110 Å². The van der Waals surface area contributed by atoms with Gasteiger partial charge in [0.15, 0.2) is 0 Å². The van der Waals surface area contributed by atoms with E-state index in [-0.39, 0.29) is 22.4 Å². The lowest BCUT2D eigenvalue weighted by Gasteiger charge is -2.20. The fourth-order valence-corrected chi connectivity index (χ4v) is 2.51.